The van der Waals surface area contributed by atoms with E-state index in [9.17, 15) is 4.79 Å². The molecule has 0 aliphatic rings. The zero-order valence-electron chi connectivity index (χ0n) is 15.4. The Morgan fingerprint density at radius 2 is 2.00 bits per heavy atom. The highest BCUT2D eigenvalue weighted by molar-refractivity contribution is 6.04. The van der Waals surface area contributed by atoms with Crippen LogP contribution < -0.4 is 5.32 Å². The third-order valence-electron chi connectivity index (χ3n) is 4.71. The van der Waals surface area contributed by atoms with Crippen molar-refractivity contribution in [1.82, 2.24) is 25.1 Å². The molecule has 0 spiro atoms. The fourth-order valence-electron chi connectivity index (χ4n) is 2.96. The van der Waals surface area contributed by atoms with E-state index >= 15 is 0 Å². The summed E-state index contributed by atoms with van der Waals surface area (Å²) in [5.41, 5.74) is 6.64. The van der Waals surface area contributed by atoms with Gasteiger partial charge in [0.25, 0.3) is 5.91 Å². The molecule has 136 valence electrons. The number of aromatic amines is 2. The normalized spacial score (nSPS) is 11.1. The van der Waals surface area contributed by atoms with E-state index < -0.39 is 0 Å². The lowest BCUT2D eigenvalue weighted by atomic mass is 10.1. The van der Waals surface area contributed by atoms with E-state index in [2.05, 4.69) is 43.5 Å². The van der Waals surface area contributed by atoms with Gasteiger partial charge in [0.15, 0.2) is 5.69 Å². The molecule has 27 heavy (non-hydrogen) atoms. The topological polar surface area (TPSA) is 99.3 Å². The summed E-state index contributed by atoms with van der Waals surface area (Å²) in [6, 6.07) is 6.02. The quantitative estimate of drug-likeness (QED) is 0.516. The summed E-state index contributed by atoms with van der Waals surface area (Å²) in [6.45, 7) is 5.85. The molecule has 0 unspecified atom stereocenters. The highest BCUT2D eigenvalue weighted by Gasteiger charge is 2.15. The van der Waals surface area contributed by atoms with Gasteiger partial charge in [0.2, 0.25) is 0 Å². The summed E-state index contributed by atoms with van der Waals surface area (Å²) in [4.78, 5) is 24.5. The number of amides is 1. The van der Waals surface area contributed by atoms with Crippen LogP contribution in [0.4, 0.5) is 5.69 Å². The predicted octanol–water partition coefficient (Wildman–Crippen LogP) is 3.78. The van der Waals surface area contributed by atoms with Crippen LogP contribution in [0.25, 0.3) is 22.3 Å². The van der Waals surface area contributed by atoms with Gasteiger partial charge in [-0.25, -0.2) is 4.98 Å². The van der Waals surface area contributed by atoms with Crippen LogP contribution in [-0.2, 0) is 6.42 Å². The minimum Gasteiger partial charge on any atom is -0.339 e. The van der Waals surface area contributed by atoms with E-state index in [1.807, 2.05) is 38.4 Å². The molecule has 4 aromatic rings. The molecule has 7 nitrogen and oxygen atoms in total. The van der Waals surface area contributed by atoms with Gasteiger partial charge in [-0.15, -0.1) is 0 Å². The second-order valence-electron chi connectivity index (χ2n) is 6.56. The number of aryl methyl sites for hydroxylation is 2. The first-order valence-electron chi connectivity index (χ1n) is 8.81. The molecule has 0 aromatic carbocycles. The van der Waals surface area contributed by atoms with Crippen molar-refractivity contribution in [2.45, 2.75) is 27.2 Å². The zero-order valence-corrected chi connectivity index (χ0v) is 15.4. The number of rotatable bonds is 4. The van der Waals surface area contributed by atoms with Crippen LogP contribution in [0.1, 0.15) is 34.2 Å². The van der Waals surface area contributed by atoms with E-state index in [1.54, 1.807) is 6.20 Å². The maximum Gasteiger partial charge on any atom is 0.276 e. The van der Waals surface area contributed by atoms with Crippen LogP contribution in [0, 0.1) is 13.8 Å². The Morgan fingerprint density at radius 3 is 2.74 bits per heavy atom. The van der Waals surface area contributed by atoms with Gasteiger partial charge in [0, 0.05) is 40.3 Å². The minimum absolute atomic E-state index is 0.256. The Morgan fingerprint density at radius 1 is 1.15 bits per heavy atom. The molecule has 3 N–H and O–H groups in total. The van der Waals surface area contributed by atoms with E-state index in [1.165, 1.54) is 5.56 Å². The summed E-state index contributed by atoms with van der Waals surface area (Å²) >= 11 is 0. The highest BCUT2D eigenvalue weighted by Crippen LogP contribution is 2.25. The molecule has 4 aromatic heterocycles. The molecule has 1 amide bonds. The predicted molar refractivity (Wildman–Crippen MR) is 105 cm³/mol. The second kappa shape index (κ2) is 6.68. The molecule has 0 aliphatic carbocycles. The number of anilines is 1. The number of H-pyrrole nitrogens is 2. The van der Waals surface area contributed by atoms with Gasteiger partial charge in [0.05, 0.1) is 11.9 Å². The maximum atomic E-state index is 12.4. The molecular formula is C20H20N6O. The molecule has 0 aliphatic heterocycles. The molecular weight excluding hydrogens is 340 g/mol. The molecule has 0 atom stereocenters. The number of hydrogen-bond acceptors (Lipinski definition) is 4. The number of carbonyl (C=O) groups is 1. The summed E-state index contributed by atoms with van der Waals surface area (Å²) < 4.78 is 0. The van der Waals surface area contributed by atoms with Crippen LogP contribution in [0.15, 0.2) is 36.8 Å². The van der Waals surface area contributed by atoms with Gasteiger partial charge in [0.1, 0.15) is 5.65 Å². The number of nitrogens with zero attached hydrogens (tertiary/aromatic N) is 3. The molecule has 4 heterocycles. The molecule has 7 heteroatoms. The van der Waals surface area contributed by atoms with E-state index in [4.69, 9.17) is 0 Å². The van der Waals surface area contributed by atoms with Gasteiger partial charge in [-0.05, 0) is 44.0 Å². The van der Waals surface area contributed by atoms with Gasteiger partial charge >= 0.3 is 0 Å². The van der Waals surface area contributed by atoms with Crippen molar-refractivity contribution in [2.75, 3.05) is 5.32 Å². The fourth-order valence-corrected chi connectivity index (χ4v) is 2.96. The van der Waals surface area contributed by atoms with Gasteiger partial charge in [-0.1, -0.05) is 6.92 Å². The van der Waals surface area contributed by atoms with E-state index in [-0.39, 0.29) is 5.91 Å². The number of fused-ring (bicyclic) bond motifs is 1. The number of pyridine rings is 2. The Balaban J connectivity index is 1.62. The average molecular weight is 360 g/mol. The SMILES string of the molecule is CCc1cncc(-c2cc3cc(NC(=O)c4n[nH]c(C)c4C)cnc3[nH]2)c1. The Bertz CT molecular complexity index is 1140. The molecule has 0 fully saturated rings. The molecule has 0 radical (unpaired) electrons. The van der Waals surface area contributed by atoms with Gasteiger partial charge in [-0.3, -0.25) is 14.9 Å². The number of aromatic nitrogens is 5. The number of nitrogens with one attached hydrogen (secondary N) is 3. The molecule has 0 bridgehead atoms. The summed E-state index contributed by atoms with van der Waals surface area (Å²) in [5.74, 6) is -0.256. The van der Waals surface area contributed by atoms with Gasteiger partial charge < -0.3 is 10.3 Å². The van der Waals surface area contributed by atoms with Crippen molar-refractivity contribution in [3.63, 3.8) is 0 Å². The summed E-state index contributed by atoms with van der Waals surface area (Å²) in [6.07, 6.45) is 6.27. The maximum absolute atomic E-state index is 12.4. The van der Waals surface area contributed by atoms with Crippen molar-refractivity contribution < 1.29 is 4.79 Å². The van der Waals surface area contributed by atoms with Crippen LogP contribution in [0.3, 0.4) is 0 Å². The highest BCUT2D eigenvalue weighted by atomic mass is 16.1. The van der Waals surface area contributed by atoms with Crippen molar-refractivity contribution >= 4 is 22.6 Å². The molecule has 0 saturated carbocycles. The third kappa shape index (κ3) is 3.19. The molecule has 4 rings (SSSR count). The molecule has 0 saturated heterocycles. The van der Waals surface area contributed by atoms with E-state index in [0.717, 1.165) is 40.0 Å². The Labute approximate surface area is 156 Å². The van der Waals surface area contributed by atoms with Crippen molar-refractivity contribution in [2.24, 2.45) is 0 Å². The standard InChI is InChI=1S/C20H20N6O/c1-4-13-5-15(9-21-8-13)17-7-14-6-16(10-22-19(14)24-17)23-20(27)18-11(2)12(3)25-26-18/h5-10H,4H2,1-3H3,(H,22,24)(H,23,27)(H,25,26). The first-order chi connectivity index (χ1) is 13.0. The number of carbonyl (C=O) groups excluding carboxylic acids is 1. The van der Waals surface area contributed by atoms with Crippen molar-refractivity contribution in [3.05, 3.63) is 59.3 Å². The van der Waals surface area contributed by atoms with Crippen LogP contribution in [-0.4, -0.2) is 31.1 Å². The lowest BCUT2D eigenvalue weighted by Crippen LogP contribution is -2.13. The lowest BCUT2D eigenvalue weighted by Gasteiger charge is -2.03. The second-order valence-corrected chi connectivity index (χ2v) is 6.56. The minimum atomic E-state index is -0.256. The largest absolute Gasteiger partial charge is 0.339 e. The van der Waals surface area contributed by atoms with Crippen LogP contribution >= 0.6 is 0 Å². The first kappa shape index (κ1) is 17.0. The van der Waals surface area contributed by atoms with Crippen molar-refractivity contribution in [3.8, 4) is 11.3 Å². The first-order valence-corrected chi connectivity index (χ1v) is 8.81. The summed E-state index contributed by atoms with van der Waals surface area (Å²) in [7, 11) is 0. The third-order valence-corrected chi connectivity index (χ3v) is 4.71. The van der Waals surface area contributed by atoms with E-state index in [0.29, 0.717) is 11.4 Å². The Kier molecular flexibility index (Phi) is 4.19. The lowest BCUT2D eigenvalue weighted by molar-refractivity contribution is 0.102. The van der Waals surface area contributed by atoms with Crippen LogP contribution in [0.2, 0.25) is 0 Å². The smallest absolute Gasteiger partial charge is 0.276 e. The summed E-state index contributed by atoms with van der Waals surface area (Å²) in [5, 5.41) is 10.7. The Hall–Kier alpha value is -3.48. The van der Waals surface area contributed by atoms with Gasteiger partial charge in [-0.2, -0.15) is 5.10 Å². The monoisotopic (exact) mass is 360 g/mol. The van der Waals surface area contributed by atoms with Crippen LogP contribution in [0.5, 0.6) is 0 Å². The fraction of sp³-hybridized carbons (Fsp3) is 0.200. The zero-order chi connectivity index (χ0) is 19.0. The average Bonchev–Trinajstić information content (AvgIpc) is 3.25. The van der Waals surface area contributed by atoms with Crippen molar-refractivity contribution in [1.29, 1.82) is 0 Å². The number of hydrogen-bond donors (Lipinski definition) is 3.